The van der Waals surface area contributed by atoms with E-state index in [0.717, 1.165) is 37.2 Å². The molecule has 1 amide bonds. The molecule has 1 aromatic carbocycles. The van der Waals surface area contributed by atoms with Crippen LogP contribution in [0.4, 0.5) is 5.69 Å². The number of benzene rings is 1. The predicted molar refractivity (Wildman–Crippen MR) is 69.4 cm³/mol. The lowest BCUT2D eigenvalue weighted by molar-refractivity contribution is -0.117. The van der Waals surface area contributed by atoms with Gasteiger partial charge in [0.15, 0.2) is 0 Å². The molecule has 2 unspecified atom stereocenters. The van der Waals surface area contributed by atoms with Crippen LogP contribution in [-0.2, 0) is 9.53 Å². The number of rotatable bonds is 3. The van der Waals surface area contributed by atoms with Gasteiger partial charge in [-0.3, -0.25) is 10.1 Å². The maximum atomic E-state index is 11.9. The van der Waals surface area contributed by atoms with Crippen molar-refractivity contribution in [2.45, 2.75) is 31.4 Å². The topological polar surface area (TPSA) is 50.4 Å². The first-order valence-electron chi connectivity index (χ1n) is 6.59. The first-order valence-corrected chi connectivity index (χ1v) is 6.59. The van der Waals surface area contributed by atoms with Gasteiger partial charge in [-0.1, -0.05) is 18.2 Å². The van der Waals surface area contributed by atoms with Gasteiger partial charge in [0.25, 0.3) is 0 Å². The van der Waals surface area contributed by atoms with Crippen LogP contribution in [0.1, 0.15) is 30.9 Å². The third kappa shape index (κ3) is 2.26. The molecule has 2 atom stereocenters. The molecule has 0 bridgehead atoms. The minimum absolute atomic E-state index is 0.0343. The van der Waals surface area contributed by atoms with Gasteiger partial charge in [0.1, 0.15) is 6.04 Å². The number of fused-ring (bicyclic) bond motifs is 1. The van der Waals surface area contributed by atoms with Crippen LogP contribution in [0.15, 0.2) is 24.3 Å². The number of amides is 1. The lowest BCUT2D eigenvalue weighted by atomic mass is 10.1. The first-order chi connectivity index (χ1) is 8.84. The van der Waals surface area contributed by atoms with Crippen molar-refractivity contribution in [1.29, 1.82) is 0 Å². The van der Waals surface area contributed by atoms with Crippen molar-refractivity contribution >= 4 is 11.6 Å². The Morgan fingerprint density at radius 1 is 1.33 bits per heavy atom. The van der Waals surface area contributed by atoms with Gasteiger partial charge in [-0.25, -0.2) is 0 Å². The van der Waals surface area contributed by atoms with Crippen LogP contribution in [0.25, 0.3) is 0 Å². The van der Waals surface area contributed by atoms with Crippen molar-refractivity contribution in [1.82, 2.24) is 5.32 Å². The Balaban J connectivity index is 1.64. The summed E-state index contributed by atoms with van der Waals surface area (Å²) in [6, 6.07) is 7.60. The molecule has 0 aliphatic carbocycles. The van der Waals surface area contributed by atoms with Gasteiger partial charge in [-0.2, -0.15) is 0 Å². The van der Waals surface area contributed by atoms with Gasteiger partial charge in [0, 0.05) is 24.4 Å². The minimum atomic E-state index is -0.230. The summed E-state index contributed by atoms with van der Waals surface area (Å²) in [5.74, 6) is 0.0343. The highest BCUT2D eigenvalue weighted by atomic mass is 16.5. The second-order valence-electron chi connectivity index (χ2n) is 4.91. The zero-order valence-corrected chi connectivity index (χ0v) is 10.3. The van der Waals surface area contributed by atoms with Gasteiger partial charge in [0.05, 0.1) is 6.10 Å². The zero-order chi connectivity index (χ0) is 12.4. The summed E-state index contributed by atoms with van der Waals surface area (Å²) in [5.41, 5.74) is 1.96. The van der Waals surface area contributed by atoms with Crippen LogP contribution in [0, 0.1) is 0 Å². The van der Waals surface area contributed by atoms with E-state index in [4.69, 9.17) is 4.74 Å². The molecule has 0 spiro atoms. The number of hydrogen-bond acceptors (Lipinski definition) is 3. The van der Waals surface area contributed by atoms with Crippen molar-refractivity contribution in [2.75, 3.05) is 18.5 Å². The molecule has 2 heterocycles. The average molecular weight is 246 g/mol. The Labute approximate surface area is 107 Å². The van der Waals surface area contributed by atoms with Crippen molar-refractivity contribution in [3.05, 3.63) is 29.8 Å². The summed E-state index contributed by atoms with van der Waals surface area (Å²) < 4.78 is 5.67. The Hall–Kier alpha value is -1.39. The van der Waals surface area contributed by atoms with Crippen molar-refractivity contribution in [3.8, 4) is 0 Å². The van der Waals surface area contributed by atoms with E-state index in [2.05, 4.69) is 10.6 Å². The van der Waals surface area contributed by atoms with Crippen molar-refractivity contribution in [3.63, 3.8) is 0 Å². The molecule has 2 aliphatic heterocycles. The molecule has 0 saturated carbocycles. The lowest BCUT2D eigenvalue weighted by Gasteiger charge is -2.24. The summed E-state index contributed by atoms with van der Waals surface area (Å²) in [7, 11) is 0. The van der Waals surface area contributed by atoms with Crippen LogP contribution < -0.4 is 10.6 Å². The Bertz CT molecular complexity index is 441. The highest BCUT2D eigenvalue weighted by Crippen LogP contribution is 2.30. The number of hydrogen-bond donors (Lipinski definition) is 2. The highest BCUT2D eigenvalue weighted by Gasteiger charge is 2.30. The fourth-order valence-electron chi connectivity index (χ4n) is 2.63. The second kappa shape index (κ2) is 5.08. The second-order valence-corrected chi connectivity index (χ2v) is 4.91. The first kappa shape index (κ1) is 11.7. The Morgan fingerprint density at radius 3 is 3.06 bits per heavy atom. The number of para-hydroxylation sites is 1. The van der Waals surface area contributed by atoms with E-state index in [0.29, 0.717) is 0 Å². The summed E-state index contributed by atoms with van der Waals surface area (Å²) in [4.78, 5) is 11.9. The molecular weight excluding hydrogens is 228 g/mol. The monoisotopic (exact) mass is 246 g/mol. The summed E-state index contributed by atoms with van der Waals surface area (Å²) in [6.07, 6.45) is 3.71. The summed E-state index contributed by atoms with van der Waals surface area (Å²) >= 11 is 0. The molecule has 3 rings (SSSR count). The average Bonchev–Trinajstić information content (AvgIpc) is 2.73. The molecule has 2 N–H and O–H groups in total. The largest absolute Gasteiger partial charge is 0.377 e. The molecule has 1 aromatic rings. The third-order valence-corrected chi connectivity index (χ3v) is 3.62. The van der Waals surface area contributed by atoms with Gasteiger partial charge in [-0.15, -0.1) is 0 Å². The Morgan fingerprint density at radius 2 is 2.22 bits per heavy atom. The van der Waals surface area contributed by atoms with E-state index in [1.807, 2.05) is 24.3 Å². The lowest BCUT2D eigenvalue weighted by Crippen LogP contribution is -2.36. The summed E-state index contributed by atoms with van der Waals surface area (Å²) in [5, 5.41) is 6.21. The van der Waals surface area contributed by atoms with Crippen LogP contribution >= 0.6 is 0 Å². The molecule has 96 valence electrons. The third-order valence-electron chi connectivity index (χ3n) is 3.62. The van der Waals surface area contributed by atoms with E-state index in [9.17, 15) is 4.79 Å². The Kier molecular flexibility index (Phi) is 3.30. The van der Waals surface area contributed by atoms with E-state index in [1.54, 1.807) is 0 Å². The number of anilines is 1. The standard InChI is InChI=1S/C14H18N2O2/c17-14-13(11-6-1-2-7-12(11)16-14)15-9-10-5-3-4-8-18-10/h1-2,6-7,10,13,15H,3-5,8-9H2,(H,16,17). The van der Waals surface area contributed by atoms with Crippen LogP contribution in [0.5, 0.6) is 0 Å². The highest BCUT2D eigenvalue weighted by molar-refractivity contribution is 6.02. The maximum Gasteiger partial charge on any atom is 0.246 e. The predicted octanol–water partition coefficient (Wildman–Crippen LogP) is 1.84. The van der Waals surface area contributed by atoms with Crippen molar-refractivity contribution < 1.29 is 9.53 Å². The molecule has 4 heteroatoms. The number of carbonyl (C=O) groups is 1. The van der Waals surface area contributed by atoms with Crippen LogP contribution in [-0.4, -0.2) is 25.2 Å². The molecule has 4 nitrogen and oxygen atoms in total. The zero-order valence-electron chi connectivity index (χ0n) is 10.3. The minimum Gasteiger partial charge on any atom is -0.377 e. The van der Waals surface area contributed by atoms with E-state index in [1.165, 1.54) is 6.42 Å². The number of nitrogens with one attached hydrogen (secondary N) is 2. The SMILES string of the molecule is O=C1Nc2ccccc2C1NCC1CCCCO1. The molecule has 1 fully saturated rings. The normalized spacial score (nSPS) is 26.8. The molecule has 0 aromatic heterocycles. The van der Waals surface area contributed by atoms with Crippen molar-refractivity contribution in [2.24, 2.45) is 0 Å². The van der Waals surface area contributed by atoms with Gasteiger partial charge < -0.3 is 10.1 Å². The van der Waals surface area contributed by atoms with Gasteiger partial charge >= 0.3 is 0 Å². The van der Waals surface area contributed by atoms with E-state index >= 15 is 0 Å². The summed E-state index contributed by atoms with van der Waals surface area (Å²) in [6.45, 7) is 1.59. The van der Waals surface area contributed by atoms with E-state index < -0.39 is 0 Å². The maximum absolute atomic E-state index is 11.9. The fourth-order valence-corrected chi connectivity index (χ4v) is 2.63. The number of carbonyl (C=O) groups excluding carboxylic acids is 1. The van der Waals surface area contributed by atoms with E-state index in [-0.39, 0.29) is 18.1 Å². The van der Waals surface area contributed by atoms with Crippen LogP contribution in [0.3, 0.4) is 0 Å². The molecule has 18 heavy (non-hydrogen) atoms. The smallest absolute Gasteiger partial charge is 0.246 e. The van der Waals surface area contributed by atoms with Crippen LogP contribution in [0.2, 0.25) is 0 Å². The molecule has 0 radical (unpaired) electrons. The van der Waals surface area contributed by atoms with Gasteiger partial charge in [-0.05, 0) is 25.3 Å². The van der Waals surface area contributed by atoms with Gasteiger partial charge in [0.2, 0.25) is 5.91 Å². The number of ether oxygens (including phenoxy) is 1. The fraction of sp³-hybridized carbons (Fsp3) is 0.500. The molecule has 1 saturated heterocycles. The molecule has 2 aliphatic rings. The quantitative estimate of drug-likeness (QED) is 0.855. The molecular formula is C14H18N2O2.